The largest absolute Gasteiger partial charge is 0.573 e. The fourth-order valence-electron chi connectivity index (χ4n) is 1.27. The maximum absolute atomic E-state index is 12.9. The summed E-state index contributed by atoms with van der Waals surface area (Å²) in [6, 6.07) is 4.93. The van der Waals surface area contributed by atoms with E-state index in [4.69, 9.17) is 0 Å². The average molecular weight is 219 g/mol. The Labute approximate surface area is 81.6 Å². The van der Waals surface area contributed by atoms with Crippen LogP contribution < -0.4 is 4.74 Å². The zero-order valence-corrected chi connectivity index (χ0v) is 7.25. The van der Waals surface area contributed by atoms with Crippen molar-refractivity contribution in [3.63, 3.8) is 0 Å². The molecule has 6 heteroatoms. The van der Waals surface area contributed by atoms with Crippen LogP contribution in [-0.4, -0.2) is 11.2 Å². The highest BCUT2D eigenvalue weighted by molar-refractivity contribution is 5.81. The van der Waals surface area contributed by atoms with E-state index in [9.17, 15) is 17.7 Å². The summed E-state index contributed by atoms with van der Waals surface area (Å²) in [5.41, 5.74) is 0.0387. The van der Waals surface area contributed by atoms with Gasteiger partial charge >= 0.3 is 6.36 Å². The number of hydrogen-bond donors (Lipinski definition) is 0. The predicted molar refractivity (Wildman–Crippen MR) is 45.1 cm³/mol. The highest BCUT2D eigenvalue weighted by atomic mass is 19.4. The fourth-order valence-corrected chi connectivity index (χ4v) is 1.27. The Bertz CT molecular complexity index is 488. The minimum absolute atomic E-state index is 0.0387. The fraction of sp³-hybridized carbons (Fsp3) is 0.111. The number of benzene rings is 1. The third-order valence-electron chi connectivity index (χ3n) is 1.85. The predicted octanol–water partition coefficient (Wildman–Crippen LogP) is 3.27. The molecule has 0 aliphatic heterocycles. The van der Waals surface area contributed by atoms with Crippen molar-refractivity contribution < 1.29 is 22.4 Å². The third-order valence-corrected chi connectivity index (χ3v) is 1.85. The summed E-state index contributed by atoms with van der Waals surface area (Å²) in [6.45, 7) is 0. The lowest BCUT2D eigenvalue weighted by Gasteiger charge is -2.08. The number of ether oxygens (including phenoxy) is 1. The molecule has 0 saturated heterocycles. The molecule has 1 aromatic heterocycles. The van der Waals surface area contributed by atoms with Crippen molar-refractivity contribution in [3.8, 4) is 5.75 Å². The zero-order valence-electron chi connectivity index (χ0n) is 7.25. The summed E-state index contributed by atoms with van der Waals surface area (Å²) in [5, 5.41) is 0.507. The first-order valence-corrected chi connectivity index (χ1v) is 3.99. The minimum Gasteiger partial charge on any atom is -0.406 e. The van der Waals surface area contributed by atoms with E-state index in [1.165, 1.54) is 12.1 Å². The Balaban J connectivity index is 2.42. The summed E-state index contributed by atoms with van der Waals surface area (Å²) in [5.74, 6) is -0.437. The van der Waals surface area contributed by atoms with E-state index >= 15 is 0 Å². The van der Waals surface area contributed by atoms with Gasteiger partial charge in [0.05, 0.1) is 5.52 Å². The number of rotatable bonds is 1. The molecule has 2 nitrogen and oxygen atoms in total. The van der Waals surface area contributed by atoms with E-state index in [1.54, 1.807) is 0 Å². The number of aromatic nitrogens is 1. The van der Waals surface area contributed by atoms with Crippen molar-refractivity contribution >= 4 is 10.9 Å². The second-order valence-electron chi connectivity index (χ2n) is 2.90. The van der Waals surface area contributed by atoms with Crippen LogP contribution >= 0.6 is 0 Å². The SMILES string of the molecule is Fn1ccc2ccc(OC(F)(F)F)cc21. The molecule has 0 fully saturated rings. The maximum Gasteiger partial charge on any atom is 0.573 e. The van der Waals surface area contributed by atoms with Crippen LogP contribution in [0.5, 0.6) is 5.75 Å². The highest BCUT2D eigenvalue weighted by Gasteiger charge is 2.31. The molecule has 0 saturated carbocycles. The summed E-state index contributed by atoms with van der Waals surface area (Å²) >= 11 is 0. The van der Waals surface area contributed by atoms with E-state index in [-0.39, 0.29) is 10.3 Å². The molecule has 1 heterocycles. The van der Waals surface area contributed by atoms with Crippen molar-refractivity contribution in [2.45, 2.75) is 6.36 Å². The van der Waals surface area contributed by atoms with Gasteiger partial charge in [-0.1, -0.05) is 4.48 Å². The van der Waals surface area contributed by atoms with Gasteiger partial charge < -0.3 is 4.74 Å². The molecule has 15 heavy (non-hydrogen) atoms. The maximum atomic E-state index is 12.9. The number of nitrogens with zero attached hydrogens (tertiary/aromatic N) is 1. The molecule has 2 aromatic rings. The van der Waals surface area contributed by atoms with Crippen molar-refractivity contribution in [2.24, 2.45) is 0 Å². The highest BCUT2D eigenvalue weighted by Crippen LogP contribution is 2.26. The normalized spacial score (nSPS) is 12.0. The minimum atomic E-state index is -4.76. The Hall–Kier alpha value is -1.72. The molecule has 0 radical (unpaired) electrons. The molecule has 2 rings (SSSR count). The number of fused-ring (bicyclic) bond motifs is 1. The molecule has 0 aliphatic carbocycles. The molecular weight excluding hydrogens is 214 g/mol. The van der Waals surface area contributed by atoms with Crippen LogP contribution in [0.25, 0.3) is 10.9 Å². The molecular formula is C9H5F4NO. The number of alkyl halides is 3. The van der Waals surface area contributed by atoms with Gasteiger partial charge in [-0.15, -0.1) is 13.2 Å². The summed E-state index contributed by atoms with van der Waals surface area (Å²) in [4.78, 5) is 0.235. The lowest BCUT2D eigenvalue weighted by atomic mass is 10.2. The molecule has 0 amide bonds. The summed E-state index contributed by atoms with van der Waals surface area (Å²) in [6.07, 6.45) is -3.65. The summed E-state index contributed by atoms with van der Waals surface area (Å²) in [7, 11) is 0. The van der Waals surface area contributed by atoms with Gasteiger partial charge in [0.2, 0.25) is 0 Å². The van der Waals surface area contributed by atoms with E-state index in [2.05, 4.69) is 4.74 Å². The Kier molecular flexibility index (Phi) is 2.06. The van der Waals surface area contributed by atoms with Crippen LogP contribution in [0.4, 0.5) is 17.7 Å². The molecule has 0 spiro atoms. The van der Waals surface area contributed by atoms with Crippen LogP contribution in [0.2, 0.25) is 0 Å². The van der Waals surface area contributed by atoms with Gasteiger partial charge in [-0.2, -0.15) is 4.79 Å². The quantitative estimate of drug-likeness (QED) is 0.671. The van der Waals surface area contributed by atoms with Crippen LogP contribution in [0.15, 0.2) is 30.5 Å². The van der Waals surface area contributed by atoms with E-state index in [0.29, 0.717) is 5.39 Å². The third kappa shape index (κ3) is 2.03. The van der Waals surface area contributed by atoms with Gasteiger partial charge in [0.25, 0.3) is 0 Å². The van der Waals surface area contributed by atoms with Crippen molar-refractivity contribution in [1.29, 1.82) is 0 Å². The lowest BCUT2D eigenvalue weighted by molar-refractivity contribution is -0.274. The molecule has 0 N–H and O–H groups in total. The second-order valence-corrected chi connectivity index (χ2v) is 2.90. The average Bonchev–Trinajstić information content (AvgIpc) is 2.45. The number of halogens is 4. The van der Waals surface area contributed by atoms with Gasteiger partial charge in [0, 0.05) is 17.6 Å². The van der Waals surface area contributed by atoms with Crippen molar-refractivity contribution in [3.05, 3.63) is 30.5 Å². The standard InChI is InChI=1S/C9H5F4NO/c10-9(11,12)15-7-2-1-6-3-4-14(13)8(6)5-7/h1-5H. The monoisotopic (exact) mass is 219 g/mol. The van der Waals surface area contributed by atoms with Gasteiger partial charge in [0.1, 0.15) is 5.75 Å². The van der Waals surface area contributed by atoms with Crippen molar-refractivity contribution in [1.82, 2.24) is 4.79 Å². The molecule has 0 unspecified atom stereocenters. The van der Waals surface area contributed by atoms with Gasteiger partial charge in [-0.05, 0) is 18.2 Å². The Morgan fingerprint density at radius 1 is 1.13 bits per heavy atom. The first kappa shape index (κ1) is 9.82. The van der Waals surface area contributed by atoms with Crippen LogP contribution in [-0.2, 0) is 0 Å². The molecule has 80 valence electrons. The molecule has 0 aliphatic rings. The number of hydrogen-bond acceptors (Lipinski definition) is 1. The first-order valence-electron chi connectivity index (χ1n) is 3.99. The first-order chi connectivity index (χ1) is 6.96. The smallest absolute Gasteiger partial charge is 0.406 e. The van der Waals surface area contributed by atoms with E-state index < -0.39 is 12.1 Å². The van der Waals surface area contributed by atoms with Gasteiger partial charge in [-0.25, -0.2) is 0 Å². The van der Waals surface area contributed by atoms with Crippen LogP contribution in [0.3, 0.4) is 0 Å². The molecule has 0 atom stereocenters. The Morgan fingerprint density at radius 3 is 2.53 bits per heavy atom. The Morgan fingerprint density at radius 2 is 1.87 bits per heavy atom. The molecule has 1 aromatic carbocycles. The van der Waals surface area contributed by atoms with E-state index in [0.717, 1.165) is 18.3 Å². The van der Waals surface area contributed by atoms with Gasteiger partial charge in [0.15, 0.2) is 0 Å². The van der Waals surface area contributed by atoms with Crippen LogP contribution in [0.1, 0.15) is 0 Å². The second kappa shape index (κ2) is 3.15. The molecule has 0 bridgehead atoms. The van der Waals surface area contributed by atoms with E-state index in [1.807, 2.05) is 0 Å². The van der Waals surface area contributed by atoms with Crippen LogP contribution in [0, 0.1) is 0 Å². The lowest BCUT2D eigenvalue weighted by Crippen LogP contribution is -2.17. The van der Waals surface area contributed by atoms with Gasteiger partial charge in [-0.3, -0.25) is 0 Å². The topological polar surface area (TPSA) is 14.2 Å². The summed E-state index contributed by atoms with van der Waals surface area (Å²) < 4.78 is 52.1. The zero-order chi connectivity index (χ0) is 11.1. The van der Waals surface area contributed by atoms with Crippen molar-refractivity contribution in [2.75, 3.05) is 0 Å².